The van der Waals surface area contributed by atoms with E-state index in [2.05, 4.69) is 35.9 Å². The predicted molar refractivity (Wildman–Crippen MR) is 76.9 cm³/mol. The summed E-state index contributed by atoms with van der Waals surface area (Å²) in [5, 5.41) is 9.50. The van der Waals surface area contributed by atoms with Crippen molar-refractivity contribution in [3.8, 4) is 0 Å². The second kappa shape index (κ2) is 5.79. The molecule has 1 atom stereocenters. The molecule has 0 amide bonds. The van der Waals surface area contributed by atoms with Crippen LogP contribution in [0.5, 0.6) is 0 Å². The van der Waals surface area contributed by atoms with Gasteiger partial charge in [-0.1, -0.05) is 0 Å². The molecule has 20 heavy (non-hydrogen) atoms. The van der Waals surface area contributed by atoms with Gasteiger partial charge in [0.15, 0.2) is 0 Å². The summed E-state index contributed by atoms with van der Waals surface area (Å²) < 4.78 is 0. The molecule has 3 N–H and O–H groups in total. The van der Waals surface area contributed by atoms with Crippen molar-refractivity contribution in [2.45, 2.75) is 18.9 Å². The molecule has 104 valence electrons. The molecule has 7 nitrogen and oxygen atoms in total. The van der Waals surface area contributed by atoms with Crippen molar-refractivity contribution in [3.63, 3.8) is 0 Å². The van der Waals surface area contributed by atoms with Crippen LogP contribution in [0.3, 0.4) is 0 Å². The molecule has 1 aliphatic rings. The van der Waals surface area contributed by atoms with Crippen molar-refractivity contribution < 1.29 is 0 Å². The smallest absolute Gasteiger partial charge is 0.228 e. The van der Waals surface area contributed by atoms with Gasteiger partial charge in [0.05, 0.1) is 5.69 Å². The zero-order valence-electron chi connectivity index (χ0n) is 11.3. The molecule has 0 aliphatic carbocycles. The molecule has 0 spiro atoms. The van der Waals surface area contributed by atoms with E-state index in [0.717, 1.165) is 24.5 Å². The Labute approximate surface area is 117 Å². The van der Waals surface area contributed by atoms with E-state index in [0.29, 0.717) is 17.8 Å². The van der Waals surface area contributed by atoms with Gasteiger partial charge in [0.2, 0.25) is 5.95 Å². The monoisotopic (exact) mass is 271 g/mol. The van der Waals surface area contributed by atoms with E-state index >= 15 is 0 Å². The summed E-state index contributed by atoms with van der Waals surface area (Å²) in [6.07, 6.45) is 5.57. The van der Waals surface area contributed by atoms with Gasteiger partial charge >= 0.3 is 0 Å². The van der Waals surface area contributed by atoms with Crippen LogP contribution in [-0.2, 0) is 0 Å². The Balaban J connectivity index is 1.78. The fraction of sp³-hybridized carbons (Fsp3) is 0.385. The third kappa shape index (κ3) is 2.83. The van der Waals surface area contributed by atoms with E-state index in [9.17, 15) is 0 Å². The van der Waals surface area contributed by atoms with Crippen molar-refractivity contribution in [2.24, 2.45) is 0 Å². The molecule has 0 unspecified atom stereocenters. The molecule has 0 aromatic carbocycles. The number of nitrogens with one attached hydrogen (secondary N) is 3. The Kier molecular flexibility index (Phi) is 3.69. The van der Waals surface area contributed by atoms with Gasteiger partial charge in [0.1, 0.15) is 18.0 Å². The Morgan fingerprint density at radius 1 is 1.25 bits per heavy atom. The van der Waals surface area contributed by atoms with Crippen LogP contribution in [0.4, 0.5) is 17.6 Å². The van der Waals surface area contributed by atoms with Crippen LogP contribution in [-0.4, -0.2) is 33.5 Å². The maximum atomic E-state index is 4.54. The molecule has 2 aromatic rings. The summed E-state index contributed by atoms with van der Waals surface area (Å²) in [6, 6.07) is 4.09. The molecule has 1 saturated heterocycles. The van der Waals surface area contributed by atoms with Gasteiger partial charge in [-0.15, -0.1) is 0 Å². The number of rotatable bonds is 4. The predicted octanol–water partition coefficient (Wildman–Crippen LogP) is 1.48. The van der Waals surface area contributed by atoms with Crippen molar-refractivity contribution >= 4 is 17.6 Å². The van der Waals surface area contributed by atoms with E-state index in [4.69, 9.17) is 0 Å². The highest BCUT2D eigenvalue weighted by atomic mass is 15.2. The van der Waals surface area contributed by atoms with Gasteiger partial charge in [0, 0.05) is 25.4 Å². The van der Waals surface area contributed by atoms with E-state index in [1.807, 2.05) is 19.2 Å². The minimum atomic E-state index is 0.330. The third-order valence-corrected chi connectivity index (χ3v) is 3.26. The quantitative estimate of drug-likeness (QED) is 0.776. The zero-order chi connectivity index (χ0) is 13.8. The lowest BCUT2D eigenvalue weighted by atomic mass is 10.1. The normalized spacial score (nSPS) is 17.9. The molecule has 1 aliphatic heterocycles. The maximum Gasteiger partial charge on any atom is 0.228 e. The molecule has 0 radical (unpaired) electrons. The molecule has 0 bridgehead atoms. The first kappa shape index (κ1) is 12.7. The molecular weight excluding hydrogens is 254 g/mol. The average molecular weight is 271 g/mol. The second-order valence-electron chi connectivity index (χ2n) is 4.62. The second-order valence-corrected chi connectivity index (χ2v) is 4.62. The van der Waals surface area contributed by atoms with E-state index < -0.39 is 0 Å². The minimum Gasteiger partial charge on any atom is -0.373 e. The summed E-state index contributed by atoms with van der Waals surface area (Å²) in [7, 11) is 1.81. The molecular formula is C13H17N7. The summed E-state index contributed by atoms with van der Waals surface area (Å²) >= 11 is 0. The minimum absolute atomic E-state index is 0.330. The molecule has 0 saturated carbocycles. The van der Waals surface area contributed by atoms with Crippen LogP contribution >= 0.6 is 0 Å². The van der Waals surface area contributed by atoms with Gasteiger partial charge in [-0.3, -0.25) is 0 Å². The van der Waals surface area contributed by atoms with Crippen LogP contribution in [0.2, 0.25) is 0 Å². The van der Waals surface area contributed by atoms with Gasteiger partial charge in [-0.05, 0) is 25.5 Å². The highest BCUT2D eigenvalue weighted by molar-refractivity contribution is 5.52. The van der Waals surface area contributed by atoms with Crippen molar-refractivity contribution in [1.29, 1.82) is 0 Å². The van der Waals surface area contributed by atoms with Gasteiger partial charge < -0.3 is 16.0 Å². The van der Waals surface area contributed by atoms with Crippen LogP contribution in [0, 0.1) is 0 Å². The SMILES string of the molecule is CNc1cc(Nc2nccc([C@@H]3CCCN3)n2)ncn1. The van der Waals surface area contributed by atoms with E-state index in [1.54, 1.807) is 6.20 Å². The van der Waals surface area contributed by atoms with Crippen LogP contribution < -0.4 is 16.0 Å². The lowest BCUT2D eigenvalue weighted by Gasteiger charge is -2.11. The standard InChI is InChI=1S/C13H17N7/c1-14-11-7-12(18-8-17-11)20-13-16-6-4-10(19-13)9-3-2-5-15-9/h4,6-9,15H,2-3,5H2,1H3,(H2,14,16,17,18,19,20)/t9-/m0/s1. The lowest BCUT2D eigenvalue weighted by Crippen LogP contribution is -2.15. The summed E-state index contributed by atoms with van der Waals surface area (Å²) in [5.41, 5.74) is 1.02. The lowest BCUT2D eigenvalue weighted by molar-refractivity contribution is 0.626. The van der Waals surface area contributed by atoms with E-state index in [-0.39, 0.29) is 0 Å². The Hall–Kier alpha value is -2.28. The third-order valence-electron chi connectivity index (χ3n) is 3.26. The number of aromatic nitrogens is 4. The highest BCUT2D eigenvalue weighted by Gasteiger charge is 2.17. The number of hydrogen-bond acceptors (Lipinski definition) is 7. The topological polar surface area (TPSA) is 87.7 Å². The number of anilines is 3. The Morgan fingerprint density at radius 2 is 2.15 bits per heavy atom. The molecule has 7 heteroatoms. The van der Waals surface area contributed by atoms with Crippen LogP contribution in [0.25, 0.3) is 0 Å². The highest BCUT2D eigenvalue weighted by Crippen LogP contribution is 2.22. The fourth-order valence-electron chi connectivity index (χ4n) is 2.24. The first-order chi connectivity index (χ1) is 9.85. The molecule has 2 aromatic heterocycles. The van der Waals surface area contributed by atoms with Crippen LogP contribution in [0.15, 0.2) is 24.7 Å². The maximum absolute atomic E-state index is 4.54. The largest absolute Gasteiger partial charge is 0.373 e. The van der Waals surface area contributed by atoms with Crippen molar-refractivity contribution in [3.05, 3.63) is 30.4 Å². The van der Waals surface area contributed by atoms with Crippen LogP contribution in [0.1, 0.15) is 24.6 Å². The summed E-state index contributed by atoms with van der Waals surface area (Å²) in [4.78, 5) is 17.0. The van der Waals surface area contributed by atoms with Gasteiger partial charge in [-0.25, -0.2) is 19.9 Å². The average Bonchev–Trinajstić information content (AvgIpc) is 3.02. The molecule has 1 fully saturated rings. The Morgan fingerprint density at radius 3 is 2.95 bits per heavy atom. The summed E-state index contributed by atoms with van der Waals surface area (Å²) in [5.74, 6) is 1.97. The summed E-state index contributed by atoms with van der Waals surface area (Å²) in [6.45, 7) is 1.05. The number of nitrogens with zero attached hydrogens (tertiary/aromatic N) is 4. The van der Waals surface area contributed by atoms with Crippen molar-refractivity contribution in [2.75, 3.05) is 24.2 Å². The van der Waals surface area contributed by atoms with Gasteiger partial charge in [0.25, 0.3) is 0 Å². The molecule has 3 heterocycles. The van der Waals surface area contributed by atoms with Crippen molar-refractivity contribution in [1.82, 2.24) is 25.3 Å². The van der Waals surface area contributed by atoms with Gasteiger partial charge in [-0.2, -0.15) is 0 Å². The molecule has 3 rings (SSSR count). The Bertz CT molecular complexity index is 580. The first-order valence-corrected chi connectivity index (χ1v) is 6.68. The first-order valence-electron chi connectivity index (χ1n) is 6.68. The number of hydrogen-bond donors (Lipinski definition) is 3. The van der Waals surface area contributed by atoms with E-state index in [1.165, 1.54) is 12.7 Å². The fourth-order valence-corrected chi connectivity index (χ4v) is 2.24. The zero-order valence-corrected chi connectivity index (χ0v) is 11.3.